The topological polar surface area (TPSA) is 117 Å². The molecule has 0 aliphatic heterocycles. The molecule has 8 nitrogen and oxygen atoms in total. The Balaban J connectivity index is 1.36. The smallest absolute Gasteiger partial charge is 0.198 e. The summed E-state index contributed by atoms with van der Waals surface area (Å²) in [6.07, 6.45) is 29.8. The van der Waals surface area contributed by atoms with Gasteiger partial charge in [-0.1, -0.05) is 179 Å². The first kappa shape index (κ1) is 47.6. The molecule has 2 atom stereocenters. The van der Waals surface area contributed by atoms with Crippen molar-refractivity contribution in [2.45, 2.75) is 180 Å². The minimum Gasteiger partial charge on any atom is -0.490 e. The summed E-state index contributed by atoms with van der Waals surface area (Å²) in [4.78, 5) is 27.5. The van der Waals surface area contributed by atoms with Gasteiger partial charge in [0.05, 0.1) is 11.1 Å². The fraction of sp³-hybridized carbons (Fsp3) is 0.708. The summed E-state index contributed by atoms with van der Waals surface area (Å²) in [6.45, 7) is 6.90. The van der Waals surface area contributed by atoms with Crippen LogP contribution >= 0.6 is 0 Å². The molecule has 0 bridgehead atoms. The number of hydrogen-bond donors (Lipinski definition) is 4. The average Bonchev–Trinajstić information content (AvgIpc) is 3.21. The molecule has 4 N–H and O–H groups in total. The summed E-state index contributed by atoms with van der Waals surface area (Å²) in [5.41, 5.74) is 0.919. The third-order valence-corrected chi connectivity index (χ3v) is 11.0. The molecule has 0 saturated heterocycles. The lowest BCUT2D eigenvalue weighted by molar-refractivity contribution is 0.0930. The van der Waals surface area contributed by atoms with E-state index < -0.39 is 12.2 Å². The molecule has 2 aromatic rings. The quantitative estimate of drug-likeness (QED) is 0.0431. The minimum absolute atomic E-state index is 0.0230. The molecule has 0 heterocycles. The van der Waals surface area contributed by atoms with Gasteiger partial charge in [0, 0.05) is 24.2 Å². The van der Waals surface area contributed by atoms with Gasteiger partial charge in [-0.2, -0.15) is 0 Å². The van der Waals surface area contributed by atoms with Gasteiger partial charge in [-0.3, -0.25) is 9.59 Å². The van der Waals surface area contributed by atoms with Gasteiger partial charge in [-0.05, 0) is 38.1 Å². The zero-order valence-electron chi connectivity index (χ0n) is 35.4. The lowest BCUT2D eigenvalue weighted by atomic mass is 9.83. The molecule has 0 radical (unpaired) electrons. The maximum Gasteiger partial charge on any atom is 0.198 e. The van der Waals surface area contributed by atoms with Crippen LogP contribution in [0, 0.1) is 0 Å². The van der Waals surface area contributed by atoms with E-state index in [0.29, 0.717) is 24.2 Å². The van der Waals surface area contributed by atoms with Crippen molar-refractivity contribution in [2.24, 2.45) is 0 Å². The van der Waals surface area contributed by atoms with Crippen LogP contribution in [0.5, 0.6) is 11.5 Å². The van der Waals surface area contributed by atoms with E-state index >= 15 is 0 Å². The van der Waals surface area contributed by atoms with Crippen molar-refractivity contribution < 1.29 is 29.3 Å². The molecule has 0 fully saturated rings. The van der Waals surface area contributed by atoms with E-state index in [1.54, 1.807) is 36.4 Å². The maximum atomic E-state index is 13.8. The Labute approximate surface area is 340 Å². The lowest BCUT2D eigenvalue weighted by Gasteiger charge is -2.24. The number of rotatable bonds is 36. The number of fused-ring (bicyclic) bond motifs is 2. The highest BCUT2D eigenvalue weighted by Gasteiger charge is 2.35. The van der Waals surface area contributed by atoms with Crippen molar-refractivity contribution in [3.63, 3.8) is 0 Å². The molecule has 3 rings (SSSR count). The number of aliphatic hydroxyl groups is 2. The number of aliphatic hydroxyl groups excluding tert-OH is 2. The highest BCUT2D eigenvalue weighted by Crippen LogP contribution is 2.39. The fourth-order valence-corrected chi connectivity index (χ4v) is 7.61. The second-order valence-electron chi connectivity index (χ2n) is 16.1. The Morgan fingerprint density at radius 2 is 0.768 bits per heavy atom. The van der Waals surface area contributed by atoms with Crippen LogP contribution < -0.4 is 20.1 Å². The van der Waals surface area contributed by atoms with Crippen molar-refractivity contribution >= 4 is 11.6 Å². The van der Waals surface area contributed by atoms with Crippen molar-refractivity contribution in [2.75, 3.05) is 39.4 Å². The molecule has 8 heteroatoms. The Bertz CT molecular complexity index is 1250. The largest absolute Gasteiger partial charge is 0.490 e. The van der Waals surface area contributed by atoms with Crippen molar-refractivity contribution in [1.29, 1.82) is 0 Å². The normalized spacial score (nSPS) is 13.4. The number of ether oxygens (including phenoxy) is 2. The van der Waals surface area contributed by atoms with Gasteiger partial charge < -0.3 is 30.3 Å². The highest BCUT2D eigenvalue weighted by molar-refractivity contribution is 6.30. The predicted octanol–water partition coefficient (Wildman–Crippen LogP) is 10.5. The number of unbranched alkanes of at least 4 members (excludes halogenated alkanes) is 22. The summed E-state index contributed by atoms with van der Waals surface area (Å²) >= 11 is 0. The van der Waals surface area contributed by atoms with E-state index in [1.807, 2.05) is 0 Å². The van der Waals surface area contributed by atoms with Crippen LogP contribution in [0.15, 0.2) is 36.4 Å². The van der Waals surface area contributed by atoms with Crippen LogP contribution in [0.1, 0.15) is 200 Å². The van der Waals surface area contributed by atoms with Gasteiger partial charge >= 0.3 is 0 Å². The second-order valence-corrected chi connectivity index (χ2v) is 16.1. The van der Waals surface area contributed by atoms with Gasteiger partial charge in [-0.15, -0.1) is 0 Å². The van der Waals surface area contributed by atoms with Crippen LogP contribution in [0.2, 0.25) is 0 Å². The molecule has 1 aliphatic carbocycles. The summed E-state index contributed by atoms with van der Waals surface area (Å²) in [6, 6.07) is 10.0. The third-order valence-electron chi connectivity index (χ3n) is 11.0. The molecule has 0 saturated carbocycles. The van der Waals surface area contributed by atoms with E-state index in [1.165, 1.54) is 141 Å². The molecule has 0 aromatic heterocycles. The van der Waals surface area contributed by atoms with Crippen molar-refractivity contribution in [3.8, 4) is 11.5 Å². The Kier molecular flexibility index (Phi) is 25.8. The number of carbonyl (C=O) groups excluding carboxylic acids is 2. The number of hydrogen-bond acceptors (Lipinski definition) is 8. The minimum atomic E-state index is -0.780. The van der Waals surface area contributed by atoms with E-state index in [-0.39, 0.29) is 47.4 Å². The van der Waals surface area contributed by atoms with Crippen molar-refractivity contribution in [1.82, 2.24) is 10.6 Å². The Morgan fingerprint density at radius 1 is 0.464 bits per heavy atom. The first-order chi connectivity index (χ1) is 27.5. The van der Waals surface area contributed by atoms with Gasteiger partial charge in [0.25, 0.3) is 0 Å². The Morgan fingerprint density at radius 3 is 1.09 bits per heavy atom. The molecular formula is C48H78N2O6. The van der Waals surface area contributed by atoms with Gasteiger partial charge in [0.2, 0.25) is 0 Å². The SMILES string of the molecule is CCCCCCCCCCCCCCNCC(O)COc1ccc(OCC(O)CNCCCCCCCCCCCCCC)c2c1C(=O)c1ccccc1C2=O. The summed E-state index contributed by atoms with van der Waals surface area (Å²) in [7, 11) is 0. The summed E-state index contributed by atoms with van der Waals surface area (Å²) < 4.78 is 12.0. The average molecular weight is 779 g/mol. The van der Waals surface area contributed by atoms with Crippen LogP contribution in [0.4, 0.5) is 0 Å². The molecular weight excluding hydrogens is 701 g/mol. The van der Waals surface area contributed by atoms with Crippen LogP contribution in [-0.4, -0.2) is 73.4 Å². The van der Waals surface area contributed by atoms with E-state index in [4.69, 9.17) is 9.47 Å². The Hall–Kier alpha value is -2.78. The first-order valence-electron chi connectivity index (χ1n) is 22.9. The van der Waals surface area contributed by atoms with Gasteiger partial charge in [-0.25, -0.2) is 0 Å². The summed E-state index contributed by atoms with van der Waals surface area (Å²) in [5, 5.41) is 28.0. The van der Waals surface area contributed by atoms with Gasteiger partial charge in [0.15, 0.2) is 11.6 Å². The highest BCUT2D eigenvalue weighted by atomic mass is 16.5. The first-order valence-corrected chi connectivity index (χ1v) is 22.9. The number of benzene rings is 2. The maximum absolute atomic E-state index is 13.8. The lowest BCUT2D eigenvalue weighted by Crippen LogP contribution is -2.33. The molecule has 2 aromatic carbocycles. The monoisotopic (exact) mass is 779 g/mol. The zero-order valence-corrected chi connectivity index (χ0v) is 35.4. The molecule has 316 valence electrons. The molecule has 2 unspecified atom stereocenters. The number of ketones is 2. The molecule has 0 spiro atoms. The number of nitrogens with one attached hydrogen (secondary N) is 2. The molecule has 1 aliphatic rings. The van der Waals surface area contributed by atoms with Crippen molar-refractivity contribution in [3.05, 3.63) is 58.7 Å². The van der Waals surface area contributed by atoms with E-state index in [2.05, 4.69) is 24.5 Å². The molecule has 56 heavy (non-hydrogen) atoms. The van der Waals surface area contributed by atoms with E-state index in [0.717, 1.165) is 25.9 Å². The standard InChI is InChI=1S/C48H78N2O6/c1-3-5-7-9-11-13-15-17-19-21-23-27-33-49-35-39(51)37-55-43-31-32-44(46-45(43)47(53)41-29-25-26-30-42(41)48(46)54)56-38-40(52)36-50-34-28-24-22-20-18-16-14-12-10-8-6-4-2/h25-26,29-32,39-40,49-52H,3-24,27-28,33-38H2,1-2H3. The van der Waals surface area contributed by atoms with Crippen LogP contribution in [0.3, 0.4) is 0 Å². The van der Waals surface area contributed by atoms with E-state index in [9.17, 15) is 19.8 Å². The predicted molar refractivity (Wildman–Crippen MR) is 231 cm³/mol. The molecule has 0 amide bonds. The van der Waals surface area contributed by atoms with Crippen LogP contribution in [0.25, 0.3) is 0 Å². The number of carbonyl (C=O) groups is 2. The van der Waals surface area contributed by atoms with Crippen LogP contribution in [-0.2, 0) is 0 Å². The second kappa shape index (κ2) is 30.3. The summed E-state index contributed by atoms with van der Waals surface area (Å²) in [5.74, 6) is -0.158. The fourth-order valence-electron chi connectivity index (χ4n) is 7.61. The van der Waals surface area contributed by atoms with Gasteiger partial charge in [0.1, 0.15) is 36.9 Å². The third kappa shape index (κ3) is 18.7. The zero-order chi connectivity index (χ0) is 40.1.